The molecule has 8 N–H and O–H groups in total. The van der Waals surface area contributed by atoms with Crippen molar-refractivity contribution in [2.24, 2.45) is 0 Å². The molecule has 0 heterocycles. The average Bonchev–Trinajstić information content (AvgIpc) is 2.18. The third kappa shape index (κ3) is 3.17. The zero-order valence-corrected chi connectivity index (χ0v) is 11.7. The summed E-state index contributed by atoms with van der Waals surface area (Å²) in [6, 6.07) is 0. The Morgan fingerprint density at radius 2 is 0.889 bits per heavy atom. The van der Waals surface area contributed by atoms with E-state index in [9.17, 15) is 9.59 Å². The first kappa shape index (κ1) is 19.6. The van der Waals surface area contributed by atoms with E-state index in [-0.39, 0.29) is 22.3 Å². The van der Waals surface area contributed by atoms with Crippen LogP contribution in [0.5, 0.6) is 0 Å². The van der Waals surface area contributed by atoms with Gasteiger partial charge in [-0.1, -0.05) is 46.4 Å². The molecular formula is C8H8Cl4N2O4. The fourth-order valence-corrected chi connectivity index (χ4v) is 2.05. The summed E-state index contributed by atoms with van der Waals surface area (Å²) in [7, 11) is 0. The minimum Gasteiger partial charge on any atom is -0.478 e. The number of carboxylic acid groups (broad SMARTS) is 2. The van der Waals surface area contributed by atoms with Gasteiger partial charge >= 0.3 is 11.9 Å². The van der Waals surface area contributed by atoms with Crippen LogP contribution in [-0.4, -0.2) is 22.2 Å². The Kier molecular flexibility index (Phi) is 7.60. The van der Waals surface area contributed by atoms with Crippen molar-refractivity contribution in [2.75, 3.05) is 0 Å². The number of carbonyl (C=O) groups is 2. The highest BCUT2D eigenvalue weighted by Gasteiger charge is 2.28. The monoisotopic (exact) mass is 336 g/mol. The van der Waals surface area contributed by atoms with E-state index in [4.69, 9.17) is 56.6 Å². The van der Waals surface area contributed by atoms with Crippen molar-refractivity contribution in [3.8, 4) is 0 Å². The molecule has 0 aromatic heterocycles. The highest BCUT2D eigenvalue weighted by Crippen LogP contribution is 2.41. The van der Waals surface area contributed by atoms with Crippen LogP contribution in [-0.2, 0) is 0 Å². The first-order valence-corrected chi connectivity index (χ1v) is 5.12. The summed E-state index contributed by atoms with van der Waals surface area (Å²) < 4.78 is 0. The molecule has 0 bridgehead atoms. The maximum Gasteiger partial charge on any atom is 0.338 e. The molecule has 0 aliphatic carbocycles. The Balaban J connectivity index is 0. The quantitative estimate of drug-likeness (QED) is 0.473. The van der Waals surface area contributed by atoms with Crippen LogP contribution in [0.3, 0.4) is 0 Å². The lowest BCUT2D eigenvalue weighted by atomic mass is 10.1. The zero-order chi connectivity index (χ0) is 12.6. The van der Waals surface area contributed by atoms with Crippen molar-refractivity contribution in [3.63, 3.8) is 0 Å². The Hall–Kier alpha value is -0.760. The Bertz CT molecular complexity index is 462. The predicted octanol–water partition coefficient (Wildman–Crippen LogP) is 4.02. The molecule has 0 atom stereocenters. The fourth-order valence-electron chi connectivity index (χ4n) is 1.03. The minimum atomic E-state index is -1.55. The Morgan fingerprint density at radius 3 is 1.06 bits per heavy atom. The Morgan fingerprint density at radius 1 is 0.667 bits per heavy atom. The van der Waals surface area contributed by atoms with Crippen LogP contribution in [0.2, 0.25) is 20.1 Å². The highest BCUT2D eigenvalue weighted by molar-refractivity contribution is 6.53. The number of halogens is 4. The van der Waals surface area contributed by atoms with Crippen molar-refractivity contribution in [3.05, 3.63) is 31.2 Å². The summed E-state index contributed by atoms with van der Waals surface area (Å²) in [6.45, 7) is 0. The molecule has 0 radical (unpaired) electrons. The van der Waals surface area contributed by atoms with Gasteiger partial charge in [-0.15, -0.1) is 0 Å². The van der Waals surface area contributed by atoms with Crippen LogP contribution >= 0.6 is 46.4 Å². The lowest BCUT2D eigenvalue weighted by Crippen LogP contribution is -2.10. The molecule has 1 aromatic rings. The van der Waals surface area contributed by atoms with Crippen LogP contribution in [0.4, 0.5) is 0 Å². The molecule has 0 amide bonds. The van der Waals surface area contributed by atoms with Gasteiger partial charge in [0.1, 0.15) is 0 Å². The van der Waals surface area contributed by atoms with Gasteiger partial charge in [0.2, 0.25) is 0 Å². The van der Waals surface area contributed by atoms with E-state index in [1.54, 1.807) is 0 Å². The number of hydrogen-bond acceptors (Lipinski definition) is 4. The molecule has 0 aliphatic rings. The van der Waals surface area contributed by atoms with Crippen LogP contribution in [0, 0.1) is 0 Å². The SMILES string of the molecule is N.N.O=C(O)c1c(Cl)c(Cl)c(Cl)c(Cl)c1C(=O)O. The van der Waals surface area contributed by atoms with Crippen molar-refractivity contribution in [2.45, 2.75) is 0 Å². The van der Waals surface area contributed by atoms with Gasteiger partial charge in [-0.25, -0.2) is 9.59 Å². The number of rotatable bonds is 2. The van der Waals surface area contributed by atoms with Gasteiger partial charge in [0.25, 0.3) is 0 Å². The molecule has 0 spiro atoms. The van der Waals surface area contributed by atoms with E-state index < -0.39 is 33.1 Å². The van der Waals surface area contributed by atoms with Gasteiger partial charge in [-0.3, -0.25) is 0 Å². The second-order valence-electron chi connectivity index (χ2n) is 2.62. The van der Waals surface area contributed by atoms with Crippen molar-refractivity contribution < 1.29 is 19.8 Å². The van der Waals surface area contributed by atoms with Gasteiger partial charge in [0.15, 0.2) is 0 Å². The van der Waals surface area contributed by atoms with Crippen molar-refractivity contribution in [1.82, 2.24) is 12.3 Å². The minimum absolute atomic E-state index is 0. The van der Waals surface area contributed by atoms with E-state index >= 15 is 0 Å². The molecule has 0 fully saturated rings. The van der Waals surface area contributed by atoms with Crippen LogP contribution in [0.25, 0.3) is 0 Å². The standard InChI is InChI=1S/C8H2Cl4O4.2H3N/c9-3-1(7(13)14)2(8(15)16)4(10)6(12)5(3)11;;/h(H,13,14)(H,15,16);2*1H3. The van der Waals surface area contributed by atoms with E-state index in [1.165, 1.54) is 0 Å². The second kappa shape index (κ2) is 6.98. The highest BCUT2D eigenvalue weighted by atomic mass is 35.5. The number of hydrogen-bond donors (Lipinski definition) is 4. The van der Waals surface area contributed by atoms with Crippen LogP contribution in [0.15, 0.2) is 0 Å². The first-order valence-electron chi connectivity index (χ1n) is 3.61. The van der Waals surface area contributed by atoms with Gasteiger partial charge in [0.05, 0.1) is 31.2 Å². The summed E-state index contributed by atoms with van der Waals surface area (Å²) in [5.41, 5.74) is -1.37. The number of aromatic carboxylic acids is 2. The average molecular weight is 338 g/mol. The number of benzene rings is 1. The van der Waals surface area contributed by atoms with Crippen LogP contribution < -0.4 is 12.3 Å². The maximum atomic E-state index is 10.9. The Labute approximate surface area is 122 Å². The predicted molar refractivity (Wildman–Crippen MR) is 70.4 cm³/mol. The third-order valence-corrected chi connectivity index (χ3v) is 3.50. The first-order chi connectivity index (χ1) is 7.29. The molecule has 0 saturated carbocycles. The molecule has 1 rings (SSSR count). The summed E-state index contributed by atoms with van der Waals surface area (Å²) >= 11 is 22.4. The van der Waals surface area contributed by atoms with Crippen molar-refractivity contribution in [1.29, 1.82) is 0 Å². The van der Waals surface area contributed by atoms with Gasteiger partial charge in [0, 0.05) is 0 Å². The fraction of sp³-hybridized carbons (Fsp3) is 0. The van der Waals surface area contributed by atoms with E-state index in [0.717, 1.165) is 0 Å². The molecule has 102 valence electrons. The molecule has 18 heavy (non-hydrogen) atoms. The lowest BCUT2D eigenvalue weighted by molar-refractivity contribution is 0.0652. The summed E-state index contributed by atoms with van der Waals surface area (Å²) in [4.78, 5) is 21.7. The van der Waals surface area contributed by atoms with Gasteiger partial charge < -0.3 is 22.5 Å². The molecule has 1 aromatic carbocycles. The molecule has 0 unspecified atom stereocenters. The molecule has 0 saturated heterocycles. The molecule has 6 nitrogen and oxygen atoms in total. The molecule has 10 heteroatoms. The summed E-state index contributed by atoms with van der Waals surface area (Å²) in [5.74, 6) is -3.11. The lowest BCUT2D eigenvalue weighted by Gasteiger charge is -2.10. The molecular weight excluding hydrogens is 330 g/mol. The van der Waals surface area contributed by atoms with Gasteiger partial charge in [-0.05, 0) is 0 Å². The normalized spacial score (nSPS) is 9.11. The van der Waals surface area contributed by atoms with Crippen molar-refractivity contribution >= 4 is 58.3 Å². The largest absolute Gasteiger partial charge is 0.478 e. The zero-order valence-electron chi connectivity index (χ0n) is 8.64. The van der Waals surface area contributed by atoms with Gasteiger partial charge in [-0.2, -0.15) is 0 Å². The smallest absolute Gasteiger partial charge is 0.338 e. The molecule has 0 aliphatic heterocycles. The van der Waals surface area contributed by atoms with E-state index in [0.29, 0.717) is 0 Å². The van der Waals surface area contributed by atoms with E-state index in [2.05, 4.69) is 0 Å². The van der Waals surface area contributed by atoms with Crippen LogP contribution in [0.1, 0.15) is 20.7 Å². The second-order valence-corrected chi connectivity index (χ2v) is 4.13. The van der Waals surface area contributed by atoms with E-state index in [1.807, 2.05) is 0 Å². The third-order valence-electron chi connectivity index (χ3n) is 1.69. The summed E-state index contributed by atoms with van der Waals surface area (Å²) in [6.07, 6.45) is 0. The number of carboxylic acids is 2. The summed E-state index contributed by atoms with van der Waals surface area (Å²) in [5, 5.41) is 16.1. The maximum absolute atomic E-state index is 10.9. The topological polar surface area (TPSA) is 145 Å².